The van der Waals surface area contributed by atoms with Crippen molar-refractivity contribution in [3.8, 4) is 0 Å². The van der Waals surface area contributed by atoms with Gasteiger partial charge in [-0.3, -0.25) is 19.7 Å². The molecule has 36 heavy (non-hydrogen) atoms. The van der Waals surface area contributed by atoms with Gasteiger partial charge >= 0.3 is 5.97 Å². The van der Waals surface area contributed by atoms with Gasteiger partial charge in [0.25, 0.3) is 0 Å². The van der Waals surface area contributed by atoms with E-state index in [1.807, 2.05) is 0 Å². The summed E-state index contributed by atoms with van der Waals surface area (Å²) in [4.78, 5) is 46.0. The Morgan fingerprint density at radius 3 is 2.31 bits per heavy atom. The molecule has 1 aliphatic heterocycles. The van der Waals surface area contributed by atoms with Crippen molar-refractivity contribution >= 4 is 23.6 Å². The first-order chi connectivity index (χ1) is 17.0. The van der Waals surface area contributed by atoms with E-state index >= 15 is 0 Å². The molecule has 1 heterocycles. The molecule has 0 aliphatic carbocycles. The number of hydrogen-bond donors (Lipinski definition) is 4. The summed E-state index contributed by atoms with van der Waals surface area (Å²) in [6.07, 6.45) is 8.46. The van der Waals surface area contributed by atoms with Crippen LogP contribution in [0.5, 0.6) is 0 Å². The van der Waals surface area contributed by atoms with E-state index in [1.165, 1.54) is 7.11 Å². The Morgan fingerprint density at radius 2 is 1.72 bits per heavy atom. The zero-order valence-corrected chi connectivity index (χ0v) is 21.7. The Morgan fingerprint density at radius 1 is 1.11 bits per heavy atom. The van der Waals surface area contributed by atoms with Crippen LogP contribution in [0.15, 0.2) is 36.0 Å². The van der Waals surface area contributed by atoms with E-state index in [-0.39, 0.29) is 23.5 Å². The molecule has 0 bridgehead atoms. The number of Topliss-reactive ketones (excluding diaryl/α,β-unsaturated/α-hetero) is 1. The highest BCUT2D eigenvalue weighted by atomic mass is 16.5. The molecule has 1 fully saturated rings. The van der Waals surface area contributed by atoms with E-state index in [0.29, 0.717) is 50.5 Å². The topological polar surface area (TPSA) is 150 Å². The number of unbranched alkanes of at least 4 members (excludes halogenated alkanes) is 1. The van der Waals surface area contributed by atoms with Crippen molar-refractivity contribution in [2.75, 3.05) is 7.11 Å². The lowest BCUT2D eigenvalue weighted by Crippen LogP contribution is -2.39. The minimum atomic E-state index is -1.00. The number of carboxylic acids is 1. The maximum Gasteiger partial charge on any atom is 0.327 e. The molecule has 0 unspecified atom stereocenters. The fourth-order valence-electron chi connectivity index (χ4n) is 4.28. The van der Waals surface area contributed by atoms with Gasteiger partial charge in [0.05, 0.1) is 12.2 Å². The summed E-state index contributed by atoms with van der Waals surface area (Å²) < 4.78 is 5.36. The predicted octanol–water partition coefficient (Wildman–Crippen LogP) is 2.71. The Balaban J connectivity index is 2.57. The number of amides is 2. The minimum absolute atomic E-state index is 0.0102. The monoisotopic (exact) mass is 507 g/mol. The van der Waals surface area contributed by atoms with Gasteiger partial charge in [-0.15, -0.1) is 0 Å². The maximum atomic E-state index is 12.6. The fourth-order valence-corrected chi connectivity index (χ4v) is 4.28. The smallest absolute Gasteiger partial charge is 0.327 e. The molecule has 9 heteroatoms. The van der Waals surface area contributed by atoms with Crippen LogP contribution in [0.25, 0.3) is 0 Å². The van der Waals surface area contributed by atoms with E-state index in [0.717, 1.165) is 6.08 Å². The van der Waals surface area contributed by atoms with Crippen LogP contribution in [0.3, 0.4) is 0 Å². The molecule has 0 aromatic carbocycles. The van der Waals surface area contributed by atoms with Gasteiger partial charge in [-0.05, 0) is 44.1 Å². The summed E-state index contributed by atoms with van der Waals surface area (Å²) in [7, 11) is 1.46. The van der Waals surface area contributed by atoms with E-state index < -0.39 is 36.1 Å². The Labute approximate surface area is 213 Å². The third-order valence-electron chi connectivity index (χ3n) is 6.48. The number of allylic oxidation sites excluding steroid dienone is 3. The second kappa shape index (κ2) is 16.2. The Bertz CT molecular complexity index is 831. The van der Waals surface area contributed by atoms with Crippen LogP contribution in [0.1, 0.15) is 65.7 Å². The molecule has 0 saturated carbocycles. The Kier molecular flexibility index (Phi) is 14.1. The summed E-state index contributed by atoms with van der Waals surface area (Å²) in [5, 5.41) is 32.4. The van der Waals surface area contributed by atoms with Gasteiger partial charge in [-0.1, -0.05) is 38.2 Å². The molecular weight excluding hydrogens is 466 g/mol. The van der Waals surface area contributed by atoms with Gasteiger partial charge in [0.1, 0.15) is 11.9 Å². The van der Waals surface area contributed by atoms with Crippen LogP contribution in [-0.2, 0) is 23.9 Å². The molecule has 1 rings (SSSR count). The summed E-state index contributed by atoms with van der Waals surface area (Å²) in [5.41, 5.74) is 0.578. The van der Waals surface area contributed by atoms with Crippen LogP contribution >= 0.6 is 0 Å². The van der Waals surface area contributed by atoms with Crippen molar-refractivity contribution in [1.82, 2.24) is 5.32 Å². The molecule has 0 aromatic heterocycles. The highest BCUT2D eigenvalue weighted by molar-refractivity contribution is 5.97. The molecule has 5 atom stereocenters. The number of imide groups is 1. The molecule has 202 valence electrons. The number of piperidine rings is 1. The number of aliphatic hydroxyl groups excluding tert-OH is 2. The number of aliphatic carboxylic acids is 1. The first kappa shape index (κ1) is 31.4. The molecule has 0 spiro atoms. The number of aliphatic hydroxyl groups is 2. The van der Waals surface area contributed by atoms with Gasteiger partial charge in [0.15, 0.2) is 0 Å². The number of ether oxygens (including phenoxy) is 1. The standard InChI is InChI=1S/C27H41NO8/c1-17(21(29)11-9-10-20-15-23(30)28-24(31)16-20)14-18(2)26(34)19(3)27(35)22(36-4)12-7-5-6-8-13-25(32)33/h7-8,12-14,17,19-20,22,26-27,34-35H,5-6,9-11,15-16H2,1-4H3,(H,32,33)(H,28,30,31)/b12-7+,13-8+,18-14+/t17-,19+,22+,26+,27+/m1/s1. The Hall–Kier alpha value is -2.62. The summed E-state index contributed by atoms with van der Waals surface area (Å²) in [5.74, 6) is -2.54. The van der Waals surface area contributed by atoms with Gasteiger partial charge < -0.3 is 20.1 Å². The summed E-state index contributed by atoms with van der Waals surface area (Å²) in [6, 6.07) is 0. The molecule has 4 N–H and O–H groups in total. The molecule has 0 radical (unpaired) electrons. The molecule has 2 amide bonds. The number of nitrogens with one attached hydrogen (secondary N) is 1. The molecular formula is C27H41NO8. The second-order valence-electron chi connectivity index (χ2n) is 9.54. The maximum absolute atomic E-state index is 12.6. The van der Waals surface area contributed by atoms with Crippen molar-refractivity contribution in [3.63, 3.8) is 0 Å². The van der Waals surface area contributed by atoms with E-state index in [1.54, 1.807) is 45.1 Å². The summed E-state index contributed by atoms with van der Waals surface area (Å²) in [6.45, 7) is 5.18. The number of carbonyl (C=O) groups is 4. The quantitative estimate of drug-likeness (QED) is 0.108. The van der Waals surface area contributed by atoms with Crippen LogP contribution in [0.4, 0.5) is 0 Å². The molecule has 1 saturated heterocycles. The van der Waals surface area contributed by atoms with Crippen molar-refractivity contribution in [2.24, 2.45) is 17.8 Å². The van der Waals surface area contributed by atoms with Crippen LogP contribution < -0.4 is 5.32 Å². The average molecular weight is 508 g/mol. The third-order valence-corrected chi connectivity index (χ3v) is 6.48. The lowest BCUT2D eigenvalue weighted by molar-refractivity contribution is -0.135. The van der Waals surface area contributed by atoms with E-state index in [9.17, 15) is 29.4 Å². The lowest BCUT2D eigenvalue weighted by Gasteiger charge is -2.29. The van der Waals surface area contributed by atoms with Crippen molar-refractivity contribution in [3.05, 3.63) is 36.0 Å². The second-order valence-corrected chi connectivity index (χ2v) is 9.54. The lowest BCUT2D eigenvalue weighted by atomic mass is 9.87. The summed E-state index contributed by atoms with van der Waals surface area (Å²) >= 11 is 0. The number of methoxy groups -OCH3 is 1. The zero-order chi connectivity index (χ0) is 27.3. The van der Waals surface area contributed by atoms with E-state index in [4.69, 9.17) is 9.84 Å². The van der Waals surface area contributed by atoms with Crippen LogP contribution in [-0.4, -0.2) is 64.3 Å². The number of carboxylic acid groups (broad SMARTS) is 1. The number of carbonyl (C=O) groups excluding carboxylic acids is 3. The first-order valence-electron chi connectivity index (χ1n) is 12.4. The van der Waals surface area contributed by atoms with Crippen LogP contribution in [0.2, 0.25) is 0 Å². The molecule has 0 aromatic rings. The minimum Gasteiger partial charge on any atom is -0.478 e. The number of hydrogen-bond acceptors (Lipinski definition) is 7. The average Bonchev–Trinajstić information content (AvgIpc) is 2.81. The van der Waals surface area contributed by atoms with Gasteiger partial charge in [0.2, 0.25) is 11.8 Å². The van der Waals surface area contributed by atoms with Gasteiger partial charge in [0, 0.05) is 44.3 Å². The normalized spacial score (nSPS) is 19.8. The fraction of sp³-hybridized carbons (Fsp3) is 0.630. The molecule has 9 nitrogen and oxygen atoms in total. The van der Waals surface area contributed by atoms with Gasteiger partial charge in [-0.25, -0.2) is 4.79 Å². The first-order valence-corrected chi connectivity index (χ1v) is 12.4. The highest BCUT2D eigenvalue weighted by Gasteiger charge is 2.30. The zero-order valence-electron chi connectivity index (χ0n) is 21.7. The van der Waals surface area contributed by atoms with Gasteiger partial charge in [-0.2, -0.15) is 0 Å². The van der Waals surface area contributed by atoms with E-state index in [2.05, 4.69) is 5.32 Å². The number of ketones is 1. The van der Waals surface area contributed by atoms with Crippen LogP contribution in [0, 0.1) is 17.8 Å². The number of rotatable bonds is 16. The van der Waals surface area contributed by atoms with Crippen molar-refractivity contribution < 1.29 is 39.2 Å². The largest absolute Gasteiger partial charge is 0.478 e. The van der Waals surface area contributed by atoms with Crippen molar-refractivity contribution in [1.29, 1.82) is 0 Å². The van der Waals surface area contributed by atoms with Crippen molar-refractivity contribution in [2.45, 2.75) is 84.0 Å². The molecule has 1 aliphatic rings. The highest BCUT2D eigenvalue weighted by Crippen LogP contribution is 2.23. The SMILES string of the molecule is CO[C@@H](/C=C/CC/C=C/C(=O)O)[C@@H](O)[C@@H](C)[C@@H](O)/C(C)=C/[C@@H](C)C(=O)CCCC1CC(=O)NC(=O)C1. The predicted molar refractivity (Wildman–Crippen MR) is 135 cm³/mol. The third kappa shape index (κ3) is 11.4.